The van der Waals surface area contributed by atoms with Gasteiger partial charge < -0.3 is 85.8 Å². The van der Waals surface area contributed by atoms with Crippen LogP contribution in [-0.4, -0.2) is 243 Å². The number of carboxylic acid groups (broad SMARTS) is 3. The second kappa shape index (κ2) is 72.0. The average Bonchev–Trinajstić information content (AvgIpc) is 1.61. The number of nitrogens with one attached hydrogen (secondary N) is 3. The Bertz CT molecular complexity index is 4900. The molecular formula is C97H150Cl4N13NaO22S. The van der Waals surface area contributed by atoms with Gasteiger partial charge in [-0.2, -0.15) is 8.42 Å². The summed E-state index contributed by atoms with van der Waals surface area (Å²) in [5.74, 6) is 1.89. The number of likely N-dealkylation sites (tertiary alicyclic amines) is 1. The molecule has 8 aromatic rings. The minimum absolute atomic E-state index is 0. The van der Waals surface area contributed by atoms with E-state index in [4.69, 9.17) is 81.1 Å². The number of ketones is 1. The second-order valence-corrected chi connectivity index (χ2v) is 35.6. The van der Waals surface area contributed by atoms with Crippen LogP contribution in [-0.2, 0) is 88.7 Å². The topological polar surface area (TPSA) is 535 Å². The van der Waals surface area contributed by atoms with Crippen LogP contribution in [0.15, 0.2) is 192 Å². The number of imidazole rings is 1. The molecule has 0 spiro atoms. The number of hydrogen-bond acceptors (Lipinski definition) is 27. The molecule has 2 aliphatic heterocycles. The number of amides is 1. The quantitative estimate of drug-likeness (QED) is 0.00391. The van der Waals surface area contributed by atoms with E-state index in [2.05, 4.69) is 125 Å². The Morgan fingerprint density at radius 1 is 0.761 bits per heavy atom. The molecular weight excluding hydrogens is 1900 g/mol. The first-order chi connectivity index (χ1) is 63.1. The third kappa shape index (κ3) is 55.2. The number of Topliss-reactive ketones (excluding diaryl/α,β-unsaturated/α-hetero) is 1. The van der Waals surface area contributed by atoms with Crippen molar-refractivity contribution in [2.45, 2.75) is 238 Å². The van der Waals surface area contributed by atoms with Crippen LogP contribution in [0.3, 0.4) is 0 Å². The number of aliphatic carboxylic acids is 3. The third-order valence-corrected chi connectivity index (χ3v) is 20.9. The number of aliphatic hydroxyl groups is 3. The molecule has 3 fully saturated rings. The van der Waals surface area contributed by atoms with E-state index in [0.717, 1.165) is 89.0 Å². The number of carboxylic acids is 3. The molecule has 1 amide bonds. The van der Waals surface area contributed by atoms with Crippen molar-refractivity contribution in [3.63, 3.8) is 0 Å². The normalized spacial score (nSPS) is 16.4. The molecule has 770 valence electrons. The minimum atomic E-state index is -4.67. The molecule has 2 aromatic heterocycles. The van der Waals surface area contributed by atoms with E-state index in [9.17, 15) is 53.7 Å². The summed E-state index contributed by atoms with van der Waals surface area (Å²) in [6, 6.07) is 56.9. The number of esters is 1. The fourth-order valence-corrected chi connectivity index (χ4v) is 14.3. The van der Waals surface area contributed by atoms with Crippen LogP contribution in [0.4, 0.5) is 0 Å². The number of rotatable bonds is 33. The molecule has 4 heterocycles. The number of alkyl halides is 1. The number of fused-ring (bicyclic) bond motifs is 2. The number of nitrogens with zero attached hydrogens (tertiary/aromatic N) is 7. The number of halogens is 4. The maximum Gasteiger partial charge on any atom is 1.00 e. The number of benzene rings is 6. The summed E-state index contributed by atoms with van der Waals surface area (Å²) < 4.78 is 52.5. The SMILES string of the molecule is CC(=O)CCCCn1c(=O)c2c(ncn2C)n(C)c1=O.CC(C)(C)N.CC(C)(N)Cc1ccccc1.CC(COc1ccccc1)N(CCCl)Cc1ccccc1.CC1C(c2ccccc2)OCCN1C.CCC[C@H](N[C@@H](C)C(=O)N1[C@H](C(=O)O)C[C@@H]2CCCC[C@@H]21)C(=O)OCC.CNC[C@H](O)c1cccc(O)c1.Cl.Cl.Cl.NNCCc1ccccc1.O=C([O-])C(O)C(O)C(=O)O.O=S(=O)(O)O.[Na+]. The summed E-state index contributed by atoms with van der Waals surface area (Å²) >= 11 is 5.94. The maximum absolute atomic E-state index is 13.1. The van der Waals surface area contributed by atoms with Crippen LogP contribution in [0, 0.1) is 5.92 Å². The van der Waals surface area contributed by atoms with Crippen LogP contribution in [0.1, 0.15) is 180 Å². The number of carbonyl (C=O) groups is 6. The monoisotopic (exact) mass is 2040 g/mol. The first-order valence-electron chi connectivity index (χ1n) is 44.8. The molecule has 3 aliphatic rings. The molecule has 5 unspecified atom stereocenters. The number of aromatic nitrogens is 4. The van der Waals surface area contributed by atoms with Gasteiger partial charge in [0.25, 0.3) is 5.56 Å². The number of phenols is 1. The van der Waals surface area contributed by atoms with Gasteiger partial charge in [-0.25, -0.2) is 19.4 Å². The van der Waals surface area contributed by atoms with Crippen molar-refractivity contribution in [3.05, 3.63) is 231 Å². The van der Waals surface area contributed by atoms with Crippen molar-refractivity contribution in [1.29, 1.82) is 0 Å². The molecule has 0 bridgehead atoms. The zero-order valence-electron chi connectivity index (χ0n) is 82.4. The van der Waals surface area contributed by atoms with Gasteiger partial charge in [-0.15, -0.1) is 48.8 Å². The van der Waals surface area contributed by atoms with Crippen molar-refractivity contribution in [2.24, 2.45) is 37.3 Å². The van der Waals surface area contributed by atoms with E-state index >= 15 is 0 Å². The van der Waals surface area contributed by atoms with Crippen molar-refractivity contribution < 1.29 is 126 Å². The smallest absolute Gasteiger partial charge is 0.547 e. The number of phenolic OH excluding ortho intramolecular Hbond substituents is 1. The second-order valence-electron chi connectivity index (χ2n) is 34.3. The molecule has 1 aliphatic carbocycles. The average molecular weight is 2050 g/mol. The Hall–Kier alpha value is -8.36. The summed E-state index contributed by atoms with van der Waals surface area (Å²) in [6.07, 6.45) is 6.07. The number of aliphatic hydroxyl groups excluding tert-OH is 3. The van der Waals surface area contributed by atoms with Gasteiger partial charge in [-0.1, -0.05) is 178 Å². The van der Waals surface area contributed by atoms with Gasteiger partial charge >= 0.3 is 63.6 Å². The summed E-state index contributed by atoms with van der Waals surface area (Å²) in [4.78, 5) is 102. The Balaban J connectivity index is -0.00000151. The number of ether oxygens (including phenoxy) is 3. The Kier molecular flexibility index (Phi) is 69.8. The molecule has 6 aromatic carbocycles. The van der Waals surface area contributed by atoms with Gasteiger partial charge in [-0.3, -0.25) is 59.0 Å². The number of hydrazine groups is 1. The summed E-state index contributed by atoms with van der Waals surface area (Å²) in [6.45, 7) is 27.6. The van der Waals surface area contributed by atoms with Crippen molar-refractivity contribution in [1.82, 2.24) is 49.4 Å². The number of aromatic hydroxyl groups is 1. The van der Waals surface area contributed by atoms with Gasteiger partial charge in [0.2, 0.25) is 5.91 Å². The number of nitrogens with two attached hydrogens (primary N) is 3. The molecule has 35 nitrogen and oxygen atoms in total. The predicted octanol–water partition coefficient (Wildman–Crippen LogP) is 6.61. The molecule has 2 saturated heterocycles. The number of para-hydroxylation sites is 1. The number of morpholine rings is 1. The standard InChI is InChI=1S/C19H32N2O5.C18H22ClNO.C13H18N4O3.C12H17NO.C10H15N.C9H13NO2.C8H12N2.C4H11N.C4H6O6.3ClH.Na.H2O4S/c1-4-8-14(19(25)26-5-2)20-12(3)17(22)21-15-10-7-6-9-13(15)11-16(21)18(23)24;1-16(15-21-18-10-6-3-7-11-18)20(13-12-19)14-17-8-4-2-5-9-17;1-9(18)6-4-5-7-17-12(19)10-11(14-8-15(10)2)16(3)13(17)20;1-10-12(14-9-8-13(10)2)11-6-4-3-5-7-11;1-10(2,11)8-9-6-4-3-5-7-9;1-10-6-9(12)7-3-2-4-8(11)5-7;9-10-7-6-8-4-2-1-3-5-8;1-4(2,3)5;5-1(3(7)8)2(6)4(9)10;;;;;1-5(2,3)4/h12-16,20H,4-11H2,1-3H3,(H,23,24);2-11,16H,12-15H2,1H3;8H,4-7H2,1-3H3;3-7,10,12H,8-9H2,1-2H3;3-7H,8,11H2,1-2H3;2-5,9-12H,6H2,1H3;1-5,10H,6-7,9H2;5H2,1-3H3;1-2,5-6H,(H,7,8)(H,9,10);3*1H;;(H2,1,2,3,4)/q;;;;;;;;;;;;+1;/p-1/t12-,13-,14-,15-,16-;;;;;9-;;;;;;;;/m0....0......../s1. The van der Waals surface area contributed by atoms with E-state index in [1.807, 2.05) is 120 Å². The zero-order valence-corrected chi connectivity index (χ0v) is 88.4. The maximum atomic E-state index is 13.1. The van der Waals surface area contributed by atoms with Crippen molar-refractivity contribution in [2.75, 3.05) is 66.0 Å². The molecule has 17 N–H and O–H groups in total. The van der Waals surface area contributed by atoms with Crippen LogP contribution < -0.4 is 84.0 Å². The molecule has 11 atom stereocenters. The van der Waals surface area contributed by atoms with Gasteiger partial charge in [0, 0.05) is 94.9 Å². The van der Waals surface area contributed by atoms with Crippen LogP contribution in [0.25, 0.3) is 11.2 Å². The van der Waals surface area contributed by atoms with Crippen molar-refractivity contribution >= 4 is 106 Å². The van der Waals surface area contributed by atoms with E-state index in [1.54, 1.807) is 68.7 Å². The van der Waals surface area contributed by atoms with Crippen LogP contribution >= 0.6 is 48.8 Å². The number of carbonyl (C=O) groups excluding carboxylic acids is 4. The molecule has 1 saturated carbocycles. The van der Waals surface area contributed by atoms with E-state index in [-0.39, 0.29) is 131 Å². The largest absolute Gasteiger partial charge is 1.00 e. The molecule has 41 heteroatoms. The Labute approximate surface area is 858 Å². The van der Waals surface area contributed by atoms with Gasteiger partial charge in [0.15, 0.2) is 17.3 Å². The summed E-state index contributed by atoms with van der Waals surface area (Å²) in [5, 5.41) is 68.2. The van der Waals surface area contributed by atoms with Gasteiger partial charge in [0.1, 0.15) is 42.1 Å². The Morgan fingerprint density at radius 3 is 1.77 bits per heavy atom. The van der Waals surface area contributed by atoms with Crippen molar-refractivity contribution in [3.8, 4) is 11.5 Å². The number of unbranched alkanes of at least 4 members (excludes halogenated alkanes) is 1. The molecule has 0 radical (unpaired) electrons. The van der Waals surface area contributed by atoms with Crippen LogP contribution in [0.2, 0.25) is 0 Å². The summed E-state index contributed by atoms with van der Waals surface area (Å²) in [7, 11) is 2.58. The van der Waals surface area contributed by atoms with Gasteiger partial charge in [0.05, 0.1) is 43.8 Å². The fourth-order valence-electron chi connectivity index (χ4n) is 14.1. The van der Waals surface area contributed by atoms with Crippen LogP contribution in [0.5, 0.6) is 11.5 Å². The number of likely N-dealkylation sites (N-methyl/N-ethyl adjacent to an activating group) is 2. The third-order valence-electron chi connectivity index (χ3n) is 20.8. The molecule has 11 rings (SSSR count). The Morgan fingerprint density at radius 2 is 1.29 bits per heavy atom. The predicted molar refractivity (Wildman–Crippen MR) is 540 cm³/mol. The van der Waals surface area contributed by atoms with Gasteiger partial charge in [-0.05, 0) is 193 Å². The van der Waals surface area contributed by atoms with E-state index < -0.39 is 64.7 Å². The van der Waals surface area contributed by atoms with E-state index in [0.29, 0.717) is 87.5 Å². The fraction of sp³-hybridized carbons (Fsp3) is 0.515. The van der Waals surface area contributed by atoms with E-state index in [1.165, 1.54) is 44.6 Å². The first kappa shape index (κ1) is 134. The number of aryl methyl sites for hydroxylation is 2. The minimum Gasteiger partial charge on any atom is -0.547 e. The molecule has 138 heavy (non-hydrogen) atoms. The zero-order chi connectivity index (χ0) is 101. The first-order valence-corrected chi connectivity index (χ1v) is 46.7. The number of hydrogen-bond donors (Lipinski definition) is 14. The summed E-state index contributed by atoms with van der Waals surface area (Å²) in [5.41, 5.74) is 19.8.